The van der Waals surface area contributed by atoms with Crippen LogP contribution in [0.15, 0.2) is 22.7 Å². The molecule has 1 aromatic carbocycles. The third kappa shape index (κ3) is 5.61. The number of nitrogens with zero attached hydrogens (tertiary/aromatic N) is 2. The zero-order chi connectivity index (χ0) is 15.8. The SMILES string of the molecule is CCN(CC)CCCN(CC)c1ccc([C@@H](C)O)cc1Br. The van der Waals surface area contributed by atoms with Crippen molar-refractivity contribution in [3.8, 4) is 0 Å². The van der Waals surface area contributed by atoms with Crippen LogP contribution in [0.5, 0.6) is 0 Å². The van der Waals surface area contributed by atoms with Crippen LogP contribution < -0.4 is 4.90 Å². The highest BCUT2D eigenvalue weighted by Gasteiger charge is 2.11. The molecule has 0 aliphatic heterocycles. The molecule has 4 heteroatoms. The second-order valence-electron chi connectivity index (χ2n) is 5.35. The molecule has 0 bridgehead atoms. The van der Waals surface area contributed by atoms with Crippen molar-refractivity contribution in [2.24, 2.45) is 0 Å². The summed E-state index contributed by atoms with van der Waals surface area (Å²) in [4.78, 5) is 4.85. The van der Waals surface area contributed by atoms with Gasteiger partial charge in [-0.25, -0.2) is 0 Å². The molecule has 1 N–H and O–H groups in total. The second kappa shape index (κ2) is 9.44. The molecular weight excluding hydrogens is 328 g/mol. The summed E-state index contributed by atoms with van der Waals surface area (Å²) in [6.07, 6.45) is 0.744. The largest absolute Gasteiger partial charge is 0.389 e. The van der Waals surface area contributed by atoms with E-state index < -0.39 is 6.10 Å². The van der Waals surface area contributed by atoms with Crippen molar-refractivity contribution in [3.05, 3.63) is 28.2 Å². The molecule has 0 saturated heterocycles. The lowest BCUT2D eigenvalue weighted by molar-refractivity contribution is 0.199. The Morgan fingerprint density at radius 3 is 2.24 bits per heavy atom. The first-order valence-corrected chi connectivity index (χ1v) is 8.77. The van der Waals surface area contributed by atoms with Gasteiger partial charge in [0.25, 0.3) is 0 Å². The van der Waals surface area contributed by atoms with E-state index in [1.54, 1.807) is 6.92 Å². The lowest BCUT2D eigenvalue weighted by atomic mass is 10.1. The van der Waals surface area contributed by atoms with Gasteiger partial charge in [-0.1, -0.05) is 19.9 Å². The zero-order valence-corrected chi connectivity index (χ0v) is 15.4. The number of benzene rings is 1. The van der Waals surface area contributed by atoms with Crippen LogP contribution in [0.4, 0.5) is 5.69 Å². The van der Waals surface area contributed by atoms with Crippen molar-refractivity contribution in [1.29, 1.82) is 0 Å². The average molecular weight is 357 g/mol. The van der Waals surface area contributed by atoms with Gasteiger partial charge in [0, 0.05) is 17.6 Å². The third-order valence-electron chi connectivity index (χ3n) is 3.97. The van der Waals surface area contributed by atoms with Crippen LogP contribution in [-0.4, -0.2) is 42.7 Å². The number of hydrogen-bond acceptors (Lipinski definition) is 3. The van der Waals surface area contributed by atoms with Gasteiger partial charge in [-0.3, -0.25) is 0 Å². The molecule has 0 amide bonds. The van der Waals surface area contributed by atoms with Gasteiger partial charge < -0.3 is 14.9 Å². The highest BCUT2D eigenvalue weighted by Crippen LogP contribution is 2.29. The Bertz CT molecular complexity index is 419. The fourth-order valence-corrected chi connectivity index (χ4v) is 3.16. The summed E-state index contributed by atoms with van der Waals surface area (Å²) in [7, 11) is 0. The van der Waals surface area contributed by atoms with E-state index >= 15 is 0 Å². The van der Waals surface area contributed by atoms with Crippen LogP contribution in [0.1, 0.15) is 45.8 Å². The molecule has 0 radical (unpaired) electrons. The summed E-state index contributed by atoms with van der Waals surface area (Å²) >= 11 is 3.64. The molecular formula is C17H29BrN2O. The zero-order valence-electron chi connectivity index (χ0n) is 13.8. The number of rotatable bonds is 9. The first-order chi connectivity index (χ1) is 10.0. The molecule has 1 aromatic rings. The Balaban J connectivity index is 2.67. The van der Waals surface area contributed by atoms with Crippen molar-refractivity contribution in [2.45, 2.75) is 40.2 Å². The molecule has 3 nitrogen and oxygen atoms in total. The van der Waals surface area contributed by atoms with Crippen LogP contribution >= 0.6 is 15.9 Å². The van der Waals surface area contributed by atoms with Crippen molar-refractivity contribution in [2.75, 3.05) is 37.6 Å². The number of aliphatic hydroxyl groups is 1. The molecule has 120 valence electrons. The first kappa shape index (κ1) is 18.5. The summed E-state index contributed by atoms with van der Waals surface area (Å²) < 4.78 is 1.06. The van der Waals surface area contributed by atoms with E-state index in [9.17, 15) is 5.11 Å². The molecule has 0 aliphatic rings. The standard InChI is InChI=1S/C17H29BrN2O/c1-5-19(6-2)11-8-12-20(7-3)17-10-9-15(14(4)21)13-16(17)18/h9-10,13-14,21H,5-8,11-12H2,1-4H3/t14-/m1/s1. The van der Waals surface area contributed by atoms with Crippen molar-refractivity contribution >= 4 is 21.6 Å². The maximum Gasteiger partial charge on any atom is 0.0762 e. The topological polar surface area (TPSA) is 26.7 Å². The maximum atomic E-state index is 9.65. The monoisotopic (exact) mass is 356 g/mol. The van der Waals surface area contributed by atoms with Gasteiger partial charge in [-0.2, -0.15) is 0 Å². The van der Waals surface area contributed by atoms with Gasteiger partial charge in [-0.05, 0) is 73.5 Å². The quantitative estimate of drug-likeness (QED) is 0.722. The highest BCUT2D eigenvalue weighted by molar-refractivity contribution is 9.10. The Morgan fingerprint density at radius 1 is 1.10 bits per heavy atom. The second-order valence-corrected chi connectivity index (χ2v) is 6.20. The van der Waals surface area contributed by atoms with Crippen LogP contribution in [0.2, 0.25) is 0 Å². The molecule has 1 rings (SSSR count). The molecule has 0 spiro atoms. The highest BCUT2D eigenvalue weighted by atomic mass is 79.9. The summed E-state index contributed by atoms with van der Waals surface area (Å²) in [5.74, 6) is 0. The van der Waals surface area contributed by atoms with E-state index in [4.69, 9.17) is 0 Å². The van der Waals surface area contributed by atoms with E-state index in [1.807, 2.05) is 12.1 Å². The minimum absolute atomic E-state index is 0.423. The minimum atomic E-state index is -0.423. The lowest BCUT2D eigenvalue weighted by Crippen LogP contribution is -2.30. The first-order valence-electron chi connectivity index (χ1n) is 7.98. The van der Waals surface area contributed by atoms with E-state index in [2.05, 4.69) is 52.6 Å². The Morgan fingerprint density at radius 2 is 1.76 bits per heavy atom. The van der Waals surface area contributed by atoms with Crippen molar-refractivity contribution in [3.63, 3.8) is 0 Å². The van der Waals surface area contributed by atoms with Crippen LogP contribution in [0.3, 0.4) is 0 Å². The predicted octanol–water partition coefficient (Wildman–Crippen LogP) is 4.06. The molecule has 0 fully saturated rings. The number of anilines is 1. The van der Waals surface area contributed by atoms with Gasteiger partial charge in [0.15, 0.2) is 0 Å². The maximum absolute atomic E-state index is 9.65. The summed E-state index contributed by atoms with van der Waals surface area (Å²) in [6, 6.07) is 6.14. The normalized spacial score (nSPS) is 12.7. The smallest absolute Gasteiger partial charge is 0.0762 e. The Kier molecular flexibility index (Phi) is 8.30. The van der Waals surface area contributed by atoms with Crippen LogP contribution in [0.25, 0.3) is 0 Å². The molecule has 0 saturated carbocycles. The molecule has 1 atom stereocenters. The van der Waals surface area contributed by atoms with E-state index in [0.29, 0.717) is 0 Å². The van der Waals surface area contributed by atoms with Gasteiger partial charge in [0.1, 0.15) is 0 Å². The van der Waals surface area contributed by atoms with Crippen molar-refractivity contribution in [1.82, 2.24) is 4.90 Å². The minimum Gasteiger partial charge on any atom is -0.389 e. The average Bonchev–Trinajstić information content (AvgIpc) is 2.48. The fraction of sp³-hybridized carbons (Fsp3) is 0.647. The van der Waals surface area contributed by atoms with Crippen molar-refractivity contribution < 1.29 is 5.11 Å². The van der Waals surface area contributed by atoms with Gasteiger partial charge in [-0.15, -0.1) is 0 Å². The molecule has 0 unspecified atom stereocenters. The Labute approximate surface area is 138 Å². The number of halogens is 1. The summed E-state index contributed by atoms with van der Waals surface area (Å²) in [6.45, 7) is 13.8. The summed E-state index contributed by atoms with van der Waals surface area (Å²) in [5, 5.41) is 9.65. The van der Waals surface area contributed by atoms with E-state index in [1.165, 1.54) is 12.1 Å². The molecule has 0 heterocycles. The molecule has 0 aliphatic carbocycles. The van der Waals surface area contributed by atoms with Crippen LogP contribution in [0, 0.1) is 0 Å². The predicted molar refractivity (Wildman–Crippen MR) is 95.1 cm³/mol. The lowest BCUT2D eigenvalue weighted by Gasteiger charge is -2.26. The molecule has 21 heavy (non-hydrogen) atoms. The van der Waals surface area contributed by atoms with Gasteiger partial charge in [0.05, 0.1) is 11.8 Å². The van der Waals surface area contributed by atoms with Crippen LogP contribution in [-0.2, 0) is 0 Å². The summed E-state index contributed by atoms with van der Waals surface area (Å²) in [5.41, 5.74) is 2.16. The fourth-order valence-electron chi connectivity index (χ4n) is 2.51. The molecule has 0 aromatic heterocycles. The van der Waals surface area contributed by atoms with Gasteiger partial charge >= 0.3 is 0 Å². The van der Waals surface area contributed by atoms with E-state index in [0.717, 1.165) is 42.8 Å². The third-order valence-corrected chi connectivity index (χ3v) is 4.61. The van der Waals surface area contributed by atoms with E-state index in [-0.39, 0.29) is 0 Å². The number of aliphatic hydroxyl groups excluding tert-OH is 1. The Hall–Kier alpha value is -0.580. The number of hydrogen-bond donors (Lipinski definition) is 1. The van der Waals surface area contributed by atoms with Gasteiger partial charge in [0.2, 0.25) is 0 Å².